The standard InChI is InChI=1S/C47H67N9O4S/c1-7-45(6)26-46(18-11-19-50-20-17-32(58)23-57)24-44(4,5)25-47(27-45,28-46)29-56-31(3)35(22-51-56)34-15-16-38(53-39(34)42(59)60)55-21-10-12-33(41(55)49)30(2)40(48)54-43-52-36-13-8-9-14-37(36)61-43/h8-9,13-16,22,32,49-50,53,57-60H,7,10-12,17-21,23-29H2,1-6H3,(H2,48,52,54)/b33-30-,49-41?/t32-,45?,46?,47?/m0/s1. The monoisotopic (exact) mass is 854 g/mol. The average molecular weight is 854 g/mol. The third-order valence-electron chi connectivity index (χ3n) is 13.9. The van der Waals surface area contributed by atoms with Crippen molar-refractivity contribution >= 4 is 43.9 Å². The topological polar surface area (TPSA) is 201 Å². The molecule has 0 radical (unpaired) electrons. The molecule has 0 amide bonds. The first-order valence-corrected chi connectivity index (χ1v) is 22.9. The maximum Gasteiger partial charge on any atom is 0.299 e. The third-order valence-corrected chi connectivity index (χ3v) is 14.8. The van der Waals surface area contributed by atoms with Crippen LogP contribution in [0.1, 0.15) is 117 Å². The number of piperidine rings is 1. The number of thiazole rings is 1. The van der Waals surface area contributed by atoms with Gasteiger partial charge in [0.05, 0.1) is 29.1 Å². The van der Waals surface area contributed by atoms with Crippen LogP contribution in [0.25, 0.3) is 15.8 Å². The van der Waals surface area contributed by atoms with Crippen molar-refractivity contribution in [1.29, 1.82) is 5.41 Å². The number of amidine groups is 2. The zero-order valence-electron chi connectivity index (χ0n) is 36.9. The van der Waals surface area contributed by atoms with Crippen LogP contribution in [0.15, 0.2) is 76.2 Å². The Morgan fingerprint density at radius 2 is 1.84 bits per heavy atom. The van der Waals surface area contributed by atoms with Crippen LogP contribution in [0, 0.1) is 34.0 Å². The van der Waals surface area contributed by atoms with Crippen molar-refractivity contribution in [2.75, 3.05) is 26.2 Å². The summed E-state index contributed by atoms with van der Waals surface area (Å²) in [5, 5.41) is 62.0. The average Bonchev–Trinajstić information content (AvgIpc) is 3.79. The Kier molecular flexibility index (Phi) is 12.9. The fraction of sp³-hybridized carbons (Fsp3) is 0.574. The fourth-order valence-corrected chi connectivity index (χ4v) is 12.6. The number of hydrogen-bond acceptors (Lipinski definition) is 11. The van der Waals surface area contributed by atoms with Crippen LogP contribution in [0.4, 0.5) is 5.13 Å². The maximum atomic E-state index is 10.7. The molecular formula is C47H67N9O4S. The number of benzene rings is 1. The summed E-state index contributed by atoms with van der Waals surface area (Å²) in [6.07, 6.45) is 16.2. The van der Waals surface area contributed by atoms with Gasteiger partial charge in [-0.05, 0) is 143 Å². The lowest BCUT2D eigenvalue weighted by Gasteiger charge is -2.63. The molecule has 4 aliphatic rings. The number of aliphatic hydroxyl groups is 4. The Morgan fingerprint density at radius 3 is 2.57 bits per heavy atom. The van der Waals surface area contributed by atoms with Crippen LogP contribution >= 0.6 is 11.3 Å². The Labute approximate surface area is 364 Å². The summed E-state index contributed by atoms with van der Waals surface area (Å²) in [4.78, 5) is 11.1. The minimum Gasteiger partial charge on any atom is -0.480 e. The molecule has 3 fully saturated rings. The number of likely N-dealkylation sites (tertiary alicyclic amines) is 1. The predicted molar refractivity (Wildman–Crippen MR) is 246 cm³/mol. The number of aliphatic hydroxyl groups excluding tert-OH is 3. The number of dihydropyridines is 1. The second kappa shape index (κ2) is 17.7. The van der Waals surface area contributed by atoms with Crippen LogP contribution < -0.4 is 16.4 Å². The first-order chi connectivity index (χ1) is 29.0. The van der Waals surface area contributed by atoms with Crippen molar-refractivity contribution in [3.05, 3.63) is 82.5 Å². The second-order valence-corrected chi connectivity index (χ2v) is 20.6. The van der Waals surface area contributed by atoms with E-state index in [2.05, 4.69) is 59.9 Å². The van der Waals surface area contributed by atoms with Gasteiger partial charge in [-0.25, -0.2) is 9.98 Å². The summed E-state index contributed by atoms with van der Waals surface area (Å²) in [5.41, 5.74) is 12.2. The second-order valence-electron chi connectivity index (χ2n) is 19.6. The number of nitrogens with two attached hydrogens (primary N) is 1. The molecule has 61 heavy (non-hydrogen) atoms. The molecule has 0 spiro atoms. The molecule has 1 aromatic carbocycles. The third kappa shape index (κ3) is 9.62. The van der Waals surface area contributed by atoms with Gasteiger partial charge < -0.3 is 41.7 Å². The van der Waals surface area contributed by atoms with Gasteiger partial charge in [0.2, 0.25) is 5.13 Å². The van der Waals surface area contributed by atoms with Crippen molar-refractivity contribution in [1.82, 2.24) is 30.3 Å². The van der Waals surface area contributed by atoms with E-state index in [0.717, 1.165) is 90.7 Å². The number of para-hydroxylation sites is 1. The van der Waals surface area contributed by atoms with Crippen molar-refractivity contribution in [3.8, 4) is 0 Å². The number of nitrogens with one attached hydrogen (secondary N) is 3. The van der Waals surface area contributed by atoms with Gasteiger partial charge >= 0.3 is 0 Å². The van der Waals surface area contributed by atoms with Crippen molar-refractivity contribution in [2.24, 2.45) is 32.4 Å². The minimum atomic E-state index is -0.825. The number of hydrogen-bond donors (Lipinski definition) is 8. The lowest BCUT2D eigenvalue weighted by Crippen LogP contribution is -2.54. The number of aliphatic imine (C=N–C) groups is 1. The van der Waals surface area contributed by atoms with E-state index < -0.39 is 12.0 Å². The van der Waals surface area contributed by atoms with Crippen LogP contribution in [-0.2, 0) is 6.54 Å². The SMILES string of the molecule is CCC1(C)CC2(CCCNCC[C@H](O)CO)CC(C)(C)CC(Cn3ncc(C4=CC=C(N5CCC/C(=C(C)/C(N)=N\c6nc7ccccc7s6)C5=N)NC4=C(O)O)c3C)(C1)C2. The van der Waals surface area contributed by atoms with E-state index in [-0.39, 0.29) is 39.8 Å². The number of rotatable bonds is 15. The van der Waals surface area contributed by atoms with Crippen LogP contribution in [0.2, 0.25) is 0 Å². The van der Waals surface area contributed by atoms with E-state index in [1.807, 2.05) is 54.4 Å². The number of aromatic nitrogens is 3. The van der Waals surface area contributed by atoms with E-state index in [1.165, 1.54) is 24.2 Å². The highest BCUT2D eigenvalue weighted by Gasteiger charge is 2.58. The molecule has 13 nitrogen and oxygen atoms in total. The molecule has 4 heterocycles. The molecule has 2 aliphatic heterocycles. The van der Waals surface area contributed by atoms with Gasteiger partial charge in [-0.2, -0.15) is 5.10 Å². The number of allylic oxidation sites excluding steroid dienone is 3. The Balaban J connectivity index is 1.11. The molecule has 3 aromatic rings. The van der Waals surface area contributed by atoms with Crippen LogP contribution in [0.3, 0.4) is 0 Å². The van der Waals surface area contributed by atoms with Crippen LogP contribution in [-0.4, -0.2) is 84.1 Å². The fourth-order valence-electron chi connectivity index (χ4n) is 11.8. The van der Waals surface area contributed by atoms with E-state index in [1.54, 1.807) is 0 Å². The van der Waals surface area contributed by atoms with E-state index >= 15 is 0 Å². The molecule has 3 unspecified atom stereocenters. The summed E-state index contributed by atoms with van der Waals surface area (Å²) in [7, 11) is 0. The highest BCUT2D eigenvalue weighted by atomic mass is 32.1. The zero-order chi connectivity index (χ0) is 43.7. The van der Waals surface area contributed by atoms with Crippen LogP contribution in [0.5, 0.6) is 0 Å². The minimum absolute atomic E-state index is 0.0575. The quantitative estimate of drug-likeness (QED) is 0.0317. The van der Waals surface area contributed by atoms with Crippen molar-refractivity contribution in [2.45, 2.75) is 125 Å². The molecule has 2 aromatic heterocycles. The summed E-state index contributed by atoms with van der Waals surface area (Å²) in [6, 6.07) is 7.87. The molecule has 7 rings (SSSR count). The first kappa shape index (κ1) is 44.6. The number of nitrogens with zero attached hydrogens (tertiary/aromatic N) is 5. The lowest BCUT2D eigenvalue weighted by atomic mass is 9.43. The van der Waals surface area contributed by atoms with Gasteiger partial charge in [0.1, 0.15) is 23.2 Å². The summed E-state index contributed by atoms with van der Waals surface area (Å²) >= 11 is 1.47. The zero-order valence-corrected chi connectivity index (χ0v) is 37.8. The largest absolute Gasteiger partial charge is 0.480 e. The molecule has 14 heteroatoms. The van der Waals surface area contributed by atoms with Gasteiger partial charge in [0.15, 0.2) is 0 Å². The molecule has 2 bridgehead atoms. The predicted octanol–water partition coefficient (Wildman–Crippen LogP) is 8.50. The molecule has 9 N–H and O–H groups in total. The van der Waals surface area contributed by atoms with Crippen molar-refractivity contribution in [3.63, 3.8) is 0 Å². The smallest absolute Gasteiger partial charge is 0.299 e. The Morgan fingerprint density at radius 1 is 1.08 bits per heavy atom. The van der Waals surface area contributed by atoms with E-state index in [4.69, 9.17) is 10.8 Å². The molecule has 4 atom stereocenters. The highest BCUT2D eigenvalue weighted by Crippen LogP contribution is 2.68. The molecule has 330 valence electrons. The summed E-state index contributed by atoms with van der Waals surface area (Å²) < 4.78 is 3.19. The van der Waals surface area contributed by atoms with Gasteiger partial charge in [-0.3, -0.25) is 10.1 Å². The van der Waals surface area contributed by atoms with Gasteiger partial charge in [0, 0.05) is 35.5 Å². The lowest BCUT2D eigenvalue weighted by molar-refractivity contribution is -0.128. The van der Waals surface area contributed by atoms with Gasteiger partial charge in [-0.15, -0.1) is 0 Å². The molecule has 2 saturated carbocycles. The van der Waals surface area contributed by atoms with E-state index in [0.29, 0.717) is 48.3 Å². The summed E-state index contributed by atoms with van der Waals surface area (Å²) in [5.74, 6) is 0.354. The maximum absolute atomic E-state index is 10.7. The molecular weight excluding hydrogens is 787 g/mol. The number of fused-ring (bicyclic) bond motifs is 3. The normalized spacial score (nSPS) is 26.8. The Hall–Kier alpha value is -4.50. The first-order valence-electron chi connectivity index (χ1n) is 22.1. The van der Waals surface area contributed by atoms with Crippen molar-refractivity contribution < 1.29 is 20.4 Å². The highest BCUT2D eigenvalue weighted by molar-refractivity contribution is 7.22. The van der Waals surface area contributed by atoms with Gasteiger partial charge in [-0.1, -0.05) is 57.6 Å². The molecule has 2 aliphatic carbocycles. The summed E-state index contributed by atoms with van der Waals surface area (Å²) in [6.45, 7) is 16.5. The Bertz CT molecular complexity index is 2250. The molecule has 1 saturated heterocycles. The van der Waals surface area contributed by atoms with Gasteiger partial charge in [0.25, 0.3) is 5.95 Å². The van der Waals surface area contributed by atoms with E-state index in [9.17, 15) is 25.8 Å².